The third-order valence-corrected chi connectivity index (χ3v) is 4.51. The minimum absolute atomic E-state index is 0.839. The van der Waals surface area contributed by atoms with E-state index in [0.717, 1.165) is 24.1 Å². The van der Waals surface area contributed by atoms with E-state index >= 15 is 0 Å². The number of nitrogens with one attached hydrogen (secondary N) is 1. The summed E-state index contributed by atoms with van der Waals surface area (Å²) in [7, 11) is 0. The van der Waals surface area contributed by atoms with Crippen LogP contribution in [0.1, 0.15) is 32.6 Å². The van der Waals surface area contributed by atoms with Crippen LogP contribution in [0.3, 0.4) is 0 Å². The van der Waals surface area contributed by atoms with E-state index in [4.69, 9.17) is 5.73 Å². The van der Waals surface area contributed by atoms with E-state index in [2.05, 4.69) is 40.9 Å². The number of anilines is 2. The first kappa shape index (κ1) is 13.0. The molecule has 0 bridgehead atoms. The van der Waals surface area contributed by atoms with Crippen LogP contribution >= 0.6 is 22.6 Å². The highest BCUT2D eigenvalue weighted by Crippen LogP contribution is 2.29. The lowest BCUT2D eigenvalue weighted by atomic mass is 9.82. The normalized spacial score (nSPS) is 24.6. The average Bonchev–Trinajstić information content (AvgIpc) is 2.28. The van der Waals surface area contributed by atoms with E-state index in [1.807, 2.05) is 12.1 Å². The summed E-state index contributed by atoms with van der Waals surface area (Å²) < 4.78 is 1.21. The van der Waals surface area contributed by atoms with Crippen LogP contribution in [0.15, 0.2) is 18.2 Å². The highest BCUT2D eigenvalue weighted by Gasteiger charge is 2.18. The Morgan fingerprint density at radius 1 is 1.41 bits per heavy atom. The quantitative estimate of drug-likeness (QED) is 0.640. The summed E-state index contributed by atoms with van der Waals surface area (Å²) >= 11 is 2.34. The molecule has 0 aliphatic heterocycles. The predicted octanol–water partition coefficient (Wildman–Crippen LogP) is 4.11. The van der Waals surface area contributed by atoms with Gasteiger partial charge in [-0.05, 0) is 65.5 Å². The number of rotatable bonds is 3. The fraction of sp³-hybridized carbons (Fsp3) is 0.571. The van der Waals surface area contributed by atoms with Gasteiger partial charge in [-0.1, -0.05) is 19.8 Å². The maximum Gasteiger partial charge on any atom is 0.0477 e. The largest absolute Gasteiger partial charge is 0.399 e. The Kier molecular flexibility index (Phi) is 4.54. The van der Waals surface area contributed by atoms with E-state index < -0.39 is 0 Å². The van der Waals surface area contributed by atoms with Crippen LogP contribution in [0, 0.1) is 15.4 Å². The summed E-state index contributed by atoms with van der Waals surface area (Å²) in [6, 6.07) is 6.07. The second kappa shape index (κ2) is 5.94. The first-order valence-electron chi connectivity index (χ1n) is 6.44. The van der Waals surface area contributed by atoms with Crippen LogP contribution in [0.2, 0.25) is 0 Å². The van der Waals surface area contributed by atoms with Crippen molar-refractivity contribution in [1.29, 1.82) is 0 Å². The van der Waals surface area contributed by atoms with Gasteiger partial charge in [-0.3, -0.25) is 0 Å². The number of hydrogen-bond acceptors (Lipinski definition) is 2. The predicted molar refractivity (Wildman–Crippen MR) is 83.2 cm³/mol. The zero-order chi connectivity index (χ0) is 12.3. The SMILES string of the molecule is CC1CCCC(CNc2ccc(N)cc2I)C1. The van der Waals surface area contributed by atoms with Crippen molar-refractivity contribution >= 4 is 34.0 Å². The molecule has 2 atom stereocenters. The summed E-state index contributed by atoms with van der Waals surface area (Å²) in [4.78, 5) is 0. The molecule has 3 heteroatoms. The van der Waals surface area contributed by atoms with Gasteiger partial charge in [0.05, 0.1) is 0 Å². The molecular weight excluding hydrogens is 323 g/mol. The molecule has 1 fully saturated rings. The minimum Gasteiger partial charge on any atom is -0.399 e. The molecule has 0 aromatic heterocycles. The van der Waals surface area contributed by atoms with Gasteiger partial charge in [0.1, 0.15) is 0 Å². The molecule has 0 saturated heterocycles. The van der Waals surface area contributed by atoms with Crippen LogP contribution in [0.5, 0.6) is 0 Å². The Hall–Kier alpha value is -0.450. The number of benzene rings is 1. The van der Waals surface area contributed by atoms with Gasteiger partial charge in [0, 0.05) is 21.5 Å². The standard InChI is InChI=1S/C14H21IN2/c1-10-3-2-4-11(7-10)9-17-14-6-5-12(16)8-13(14)15/h5-6,8,10-11,17H,2-4,7,9,16H2,1H3. The second-order valence-electron chi connectivity index (χ2n) is 5.26. The topological polar surface area (TPSA) is 38.0 Å². The molecule has 94 valence electrons. The smallest absolute Gasteiger partial charge is 0.0477 e. The van der Waals surface area contributed by atoms with Crippen molar-refractivity contribution in [3.8, 4) is 0 Å². The lowest BCUT2D eigenvalue weighted by molar-refractivity contribution is 0.293. The first-order valence-corrected chi connectivity index (χ1v) is 7.52. The van der Waals surface area contributed by atoms with Crippen molar-refractivity contribution < 1.29 is 0 Å². The summed E-state index contributed by atoms with van der Waals surface area (Å²) in [5.74, 6) is 1.74. The number of nitrogen functional groups attached to an aromatic ring is 1. The van der Waals surface area contributed by atoms with Crippen LogP contribution in [-0.4, -0.2) is 6.54 Å². The molecular formula is C14H21IN2. The molecule has 1 aromatic rings. The molecule has 0 heterocycles. The van der Waals surface area contributed by atoms with Crippen LogP contribution in [0.25, 0.3) is 0 Å². The lowest BCUT2D eigenvalue weighted by Crippen LogP contribution is -2.21. The van der Waals surface area contributed by atoms with Crippen molar-refractivity contribution in [2.75, 3.05) is 17.6 Å². The minimum atomic E-state index is 0.839. The first-order chi connectivity index (χ1) is 8.15. The zero-order valence-corrected chi connectivity index (χ0v) is 12.5. The summed E-state index contributed by atoms with van der Waals surface area (Å²) in [5, 5.41) is 3.57. The maximum absolute atomic E-state index is 5.75. The fourth-order valence-corrected chi connectivity index (χ4v) is 3.40. The van der Waals surface area contributed by atoms with Crippen molar-refractivity contribution in [2.24, 2.45) is 11.8 Å². The van der Waals surface area contributed by atoms with Crippen LogP contribution in [-0.2, 0) is 0 Å². The number of nitrogens with two attached hydrogens (primary N) is 1. The van der Waals surface area contributed by atoms with E-state index in [-0.39, 0.29) is 0 Å². The van der Waals surface area contributed by atoms with Gasteiger partial charge < -0.3 is 11.1 Å². The molecule has 1 aliphatic rings. The zero-order valence-electron chi connectivity index (χ0n) is 10.4. The van der Waals surface area contributed by atoms with Crippen LogP contribution < -0.4 is 11.1 Å². The summed E-state index contributed by atoms with van der Waals surface area (Å²) in [5.41, 5.74) is 7.81. The highest BCUT2D eigenvalue weighted by molar-refractivity contribution is 14.1. The molecule has 0 radical (unpaired) electrons. The van der Waals surface area contributed by atoms with Gasteiger partial charge in [-0.25, -0.2) is 0 Å². The Bertz CT molecular complexity index is 378. The Morgan fingerprint density at radius 3 is 2.94 bits per heavy atom. The van der Waals surface area contributed by atoms with Crippen LogP contribution in [0.4, 0.5) is 11.4 Å². The van der Waals surface area contributed by atoms with Gasteiger partial charge in [0.2, 0.25) is 0 Å². The lowest BCUT2D eigenvalue weighted by Gasteiger charge is -2.27. The fourth-order valence-electron chi connectivity index (χ4n) is 2.67. The van der Waals surface area contributed by atoms with Gasteiger partial charge in [-0.2, -0.15) is 0 Å². The maximum atomic E-state index is 5.75. The van der Waals surface area contributed by atoms with Gasteiger partial charge in [0.15, 0.2) is 0 Å². The summed E-state index contributed by atoms with van der Waals surface area (Å²) in [6.45, 7) is 3.48. The molecule has 1 aliphatic carbocycles. The Balaban J connectivity index is 1.88. The van der Waals surface area contributed by atoms with Crippen molar-refractivity contribution in [3.63, 3.8) is 0 Å². The van der Waals surface area contributed by atoms with Gasteiger partial charge in [-0.15, -0.1) is 0 Å². The third kappa shape index (κ3) is 3.76. The van der Waals surface area contributed by atoms with Crippen molar-refractivity contribution in [1.82, 2.24) is 0 Å². The molecule has 0 spiro atoms. The summed E-state index contributed by atoms with van der Waals surface area (Å²) in [6.07, 6.45) is 5.56. The van der Waals surface area contributed by atoms with E-state index in [0.29, 0.717) is 0 Å². The van der Waals surface area contributed by atoms with Crippen molar-refractivity contribution in [2.45, 2.75) is 32.6 Å². The molecule has 1 saturated carbocycles. The third-order valence-electron chi connectivity index (χ3n) is 3.62. The molecule has 2 rings (SSSR count). The number of hydrogen-bond donors (Lipinski definition) is 2. The molecule has 3 N–H and O–H groups in total. The number of halogens is 1. The van der Waals surface area contributed by atoms with E-state index in [1.54, 1.807) is 0 Å². The second-order valence-corrected chi connectivity index (χ2v) is 6.42. The van der Waals surface area contributed by atoms with E-state index in [1.165, 1.54) is 34.9 Å². The molecule has 17 heavy (non-hydrogen) atoms. The van der Waals surface area contributed by atoms with Gasteiger partial charge in [0.25, 0.3) is 0 Å². The van der Waals surface area contributed by atoms with Crippen molar-refractivity contribution in [3.05, 3.63) is 21.8 Å². The van der Waals surface area contributed by atoms with Gasteiger partial charge >= 0.3 is 0 Å². The Morgan fingerprint density at radius 2 is 2.24 bits per heavy atom. The monoisotopic (exact) mass is 344 g/mol. The highest BCUT2D eigenvalue weighted by atomic mass is 127. The van der Waals surface area contributed by atoms with E-state index in [9.17, 15) is 0 Å². The Labute approximate surface area is 117 Å². The molecule has 0 amide bonds. The molecule has 1 aromatic carbocycles. The molecule has 2 nitrogen and oxygen atoms in total. The average molecular weight is 344 g/mol. The molecule has 2 unspecified atom stereocenters.